The van der Waals surface area contributed by atoms with Gasteiger partial charge < -0.3 is 5.32 Å². The molecule has 0 saturated heterocycles. The largest absolute Gasteiger partial charge is 0.367 e. The molecule has 1 aliphatic rings. The molecule has 2 unspecified atom stereocenters. The van der Waals surface area contributed by atoms with Gasteiger partial charge in [-0.3, -0.25) is 13.7 Å². The molecule has 1 aromatic carbocycles. The van der Waals surface area contributed by atoms with Crippen molar-refractivity contribution < 1.29 is 25.8 Å². The van der Waals surface area contributed by atoms with Crippen LogP contribution in [0.1, 0.15) is 40.9 Å². The monoisotopic (exact) mass is 546 g/mol. The van der Waals surface area contributed by atoms with Gasteiger partial charge in [-0.05, 0) is 48.9 Å². The van der Waals surface area contributed by atoms with E-state index in [9.17, 15) is 21.6 Å². The number of sulfone groups is 1. The molecule has 12 nitrogen and oxygen atoms in total. The van der Waals surface area contributed by atoms with E-state index in [-0.39, 0.29) is 47.0 Å². The second kappa shape index (κ2) is 10.9. The lowest BCUT2D eigenvalue weighted by Crippen LogP contribution is -2.22. The minimum Gasteiger partial charge on any atom is -0.367 e. The van der Waals surface area contributed by atoms with E-state index in [0.717, 1.165) is 18.2 Å². The van der Waals surface area contributed by atoms with Crippen molar-refractivity contribution in [2.24, 2.45) is 11.1 Å². The summed E-state index contributed by atoms with van der Waals surface area (Å²) in [6.07, 6.45) is 6.48. The molecular weight excluding hydrogens is 520 g/mol. The number of nitrogens with one attached hydrogen (secondary N) is 1. The molecule has 2 heterocycles. The molecule has 0 spiro atoms. The van der Waals surface area contributed by atoms with Crippen LogP contribution in [0.4, 0.5) is 5.82 Å². The van der Waals surface area contributed by atoms with Gasteiger partial charge in [-0.15, -0.1) is 0 Å². The third-order valence-electron chi connectivity index (χ3n) is 5.97. The highest BCUT2D eigenvalue weighted by Crippen LogP contribution is 2.29. The SMILES string of the molecule is C=CS(=O)(=O)c1cccc(Cn2ccc(C(=O)c3cncnc3NC3CCC(COS(N)(=O)=O)C3)n2)c1. The molecule has 2 atom stereocenters. The first-order valence-electron chi connectivity index (χ1n) is 11.3. The number of carbonyl (C=O) groups excluding carboxylic acids is 1. The number of nitrogens with two attached hydrogens (primary N) is 1. The zero-order valence-electron chi connectivity index (χ0n) is 19.7. The quantitative estimate of drug-likeness (QED) is 0.336. The number of ketones is 1. The van der Waals surface area contributed by atoms with E-state index in [4.69, 9.17) is 9.32 Å². The van der Waals surface area contributed by atoms with E-state index in [1.54, 1.807) is 24.4 Å². The first-order valence-corrected chi connectivity index (χ1v) is 14.3. The second-order valence-electron chi connectivity index (χ2n) is 8.67. The Morgan fingerprint density at radius 1 is 1.24 bits per heavy atom. The van der Waals surface area contributed by atoms with Crippen molar-refractivity contribution in [2.75, 3.05) is 11.9 Å². The van der Waals surface area contributed by atoms with Crippen LogP contribution in [0.15, 0.2) is 65.9 Å². The van der Waals surface area contributed by atoms with Gasteiger partial charge in [-0.2, -0.15) is 13.5 Å². The molecule has 0 aliphatic heterocycles. The van der Waals surface area contributed by atoms with Crippen LogP contribution in [-0.4, -0.2) is 55.0 Å². The maximum Gasteiger partial charge on any atom is 0.333 e. The number of benzene rings is 1. The zero-order chi connectivity index (χ0) is 26.6. The Labute approximate surface area is 214 Å². The van der Waals surface area contributed by atoms with E-state index >= 15 is 0 Å². The average molecular weight is 547 g/mol. The lowest BCUT2D eigenvalue weighted by atomic mass is 10.1. The molecule has 1 fully saturated rings. The smallest absolute Gasteiger partial charge is 0.333 e. The highest BCUT2D eigenvalue weighted by Gasteiger charge is 2.28. The van der Waals surface area contributed by atoms with Crippen LogP contribution in [0.2, 0.25) is 0 Å². The predicted molar refractivity (Wildman–Crippen MR) is 134 cm³/mol. The van der Waals surface area contributed by atoms with Crippen LogP contribution in [0.25, 0.3) is 0 Å². The van der Waals surface area contributed by atoms with Crippen molar-refractivity contribution in [1.29, 1.82) is 0 Å². The van der Waals surface area contributed by atoms with Crippen LogP contribution in [-0.2, 0) is 30.9 Å². The van der Waals surface area contributed by atoms with Crippen molar-refractivity contribution >= 4 is 31.7 Å². The van der Waals surface area contributed by atoms with Crippen LogP contribution in [0.3, 0.4) is 0 Å². The van der Waals surface area contributed by atoms with Gasteiger partial charge in [0.25, 0.3) is 0 Å². The van der Waals surface area contributed by atoms with Crippen molar-refractivity contribution in [2.45, 2.75) is 36.7 Å². The van der Waals surface area contributed by atoms with Crippen LogP contribution >= 0.6 is 0 Å². The first-order chi connectivity index (χ1) is 17.5. The van der Waals surface area contributed by atoms with Crippen molar-refractivity contribution in [1.82, 2.24) is 19.7 Å². The van der Waals surface area contributed by atoms with Gasteiger partial charge in [0.1, 0.15) is 17.8 Å². The molecule has 14 heteroatoms. The van der Waals surface area contributed by atoms with E-state index < -0.39 is 20.1 Å². The maximum absolute atomic E-state index is 13.2. The summed E-state index contributed by atoms with van der Waals surface area (Å²) in [7, 11) is -7.56. The highest BCUT2D eigenvalue weighted by molar-refractivity contribution is 7.94. The molecule has 0 amide bonds. The minimum absolute atomic E-state index is 0.00639. The minimum atomic E-state index is -3.99. The summed E-state index contributed by atoms with van der Waals surface area (Å²) in [6.45, 7) is 3.61. The molecule has 1 saturated carbocycles. The Kier molecular flexibility index (Phi) is 7.82. The molecular formula is C23H26N6O6S2. The summed E-state index contributed by atoms with van der Waals surface area (Å²) in [6, 6.07) is 7.96. The number of hydrogen-bond acceptors (Lipinski definition) is 10. The van der Waals surface area contributed by atoms with E-state index in [0.29, 0.717) is 17.8 Å². The van der Waals surface area contributed by atoms with Crippen LogP contribution in [0, 0.1) is 5.92 Å². The summed E-state index contributed by atoms with van der Waals surface area (Å²) in [5.74, 6) is -0.0145. The molecule has 37 heavy (non-hydrogen) atoms. The van der Waals surface area contributed by atoms with Gasteiger partial charge in [0, 0.05) is 23.8 Å². The summed E-state index contributed by atoms with van der Waals surface area (Å²) in [4.78, 5) is 21.6. The lowest BCUT2D eigenvalue weighted by Gasteiger charge is -2.15. The van der Waals surface area contributed by atoms with Gasteiger partial charge in [0.15, 0.2) is 9.84 Å². The van der Waals surface area contributed by atoms with Gasteiger partial charge in [-0.1, -0.05) is 18.7 Å². The number of anilines is 1. The number of rotatable bonds is 11. The van der Waals surface area contributed by atoms with Gasteiger partial charge in [0.2, 0.25) is 5.78 Å². The summed E-state index contributed by atoms with van der Waals surface area (Å²) in [5.41, 5.74) is 1.12. The molecule has 3 aromatic rings. The van der Waals surface area contributed by atoms with Crippen molar-refractivity contribution in [3.63, 3.8) is 0 Å². The van der Waals surface area contributed by atoms with Crippen molar-refractivity contribution in [3.8, 4) is 0 Å². The maximum atomic E-state index is 13.2. The van der Waals surface area contributed by atoms with Gasteiger partial charge >= 0.3 is 10.3 Å². The molecule has 0 radical (unpaired) electrons. The summed E-state index contributed by atoms with van der Waals surface area (Å²) in [5, 5.41) is 13.4. The molecule has 4 rings (SSSR count). The predicted octanol–water partition coefficient (Wildman–Crippen LogP) is 1.67. The summed E-state index contributed by atoms with van der Waals surface area (Å²) >= 11 is 0. The number of nitrogens with zero attached hydrogens (tertiary/aromatic N) is 4. The second-order valence-corrected chi connectivity index (χ2v) is 11.8. The van der Waals surface area contributed by atoms with E-state index in [1.165, 1.54) is 29.3 Å². The van der Waals surface area contributed by atoms with Crippen LogP contribution in [0.5, 0.6) is 0 Å². The van der Waals surface area contributed by atoms with Gasteiger partial charge in [0.05, 0.1) is 23.6 Å². The Bertz CT molecular complexity index is 1520. The average Bonchev–Trinajstić information content (AvgIpc) is 3.52. The van der Waals surface area contributed by atoms with Gasteiger partial charge in [-0.25, -0.2) is 23.5 Å². The third-order valence-corrected chi connectivity index (χ3v) is 7.79. The summed E-state index contributed by atoms with van der Waals surface area (Å²) < 4.78 is 52.4. The number of hydrogen-bond donors (Lipinski definition) is 2. The van der Waals surface area contributed by atoms with E-state index in [2.05, 4.69) is 27.0 Å². The molecule has 2 aromatic heterocycles. The highest BCUT2D eigenvalue weighted by atomic mass is 32.2. The Morgan fingerprint density at radius 2 is 2.05 bits per heavy atom. The Hall–Kier alpha value is -3.46. The Balaban J connectivity index is 1.44. The van der Waals surface area contributed by atoms with E-state index in [1.807, 2.05) is 0 Å². The third kappa shape index (κ3) is 6.85. The van der Waals surface area contributed by atoms with Crippen molar-refractivity contribution in [3.05, 3.63) is 77.9 Å². The topological polar surface area (TPSA) is 176 Å². The lowest BCUT2D eigenvalue weighted by molar-refractivity contribution is 0.103. The fraction of sp³-hybridized carbons (Fsp3) is 0.304. The normalized spacial score (nSPS) is 18.0. The molecule has 0 bridgehead atoms. The molecule has 3 N–H and O–H groups in total. The Morgan fingerprint density at radius 3 is 2.81 bits per heavy atom. The standard InChI is InChI=1S/C23H26N6O6S2/c1-2-36(31,32)19-5-3-4-16(11-19)13-29-9-8-21(28-29)22(30)20-12-25-15-26-23(20)27-18-7-6-17(10-18)14-35-37(24,33)34/h2-5,8-9,11-12,15,17-18H,1,6-7,10,13-14H2,(H2,24,33,34)(H,25,26,27). The zero-order valence-corrected chi connectivity index (χ0v) is 21.4. The first kappa shape index (κ1) is 26.6. The molecule has 196 valence electrons. The number of carbonyl (C=O) groups is 1. The fourth-order valence-corrected chi connectivity index (χ4v) is 5.32. The molecule has 1 aliphatic carbocycles. The fourth-order valence-electron chi connectivity index (χ4n) is 4.17. The van der Waals surface area contributed by atoms with Crippen LogP contribution < -0.4 is 10.5 Å². The number of aromatic nitrogens is 4.